The molecule has 0 radical (unpaired) electrons. The van der Waals surface area contributed by atoms with E-state index in [-0.39, 0.29) is 23.3 Å². The Morgan fingerprint density at radius 3 is 2.58 bits per heavy atom. The third kappa shape index (κ3) is 3.85. The summed E-state index contributed by atoms with van der Waals surface area (Å²) >= 11 is 6.04. The number of aromatic nitrogens is 5. The van der Waals surface area contributed by atoms with Gasteiger partial charge in [0.2, 0.25) is 11.6 Å². The fraction of sp³-hybridized carbons (Fsp3) is 0.125. The van der Waals surface area contributed by atoms with Crippen molar-refractivity contribution < 1.29 is 14.1 Å². The van der Waals surface area contributed by atoms with Crippen LogP contribution in [0.1, 0.15) is 27.5 Å². The van der Waals surface area contributed by atoms with Crippen molar-refractivity contribution in [2.75, 3.05) is 7.11 Å². The fourth-order valence-corrected chi connectivity index (χ4v) is 3.91. The SMILES string of the molecule is COc1ccc2c(c1)c(C(=O)c1nc(-c3ncccn3)no1)c(C)n2Cc1ccc(Cl)cc1. The number of halogens is 1. The Morgan fingerprint density at radius 2 is 1.85 bits per heavy atom. The molecular weight excluding hydrogens is 442 g/mol. The molecule has 9 heteroatoms. The highest BCUT2D eigenvalue weighted by Gasteiger charge is 2.26. The van der Waals surface area contributed by atoms with E-state index in [4.69, 9.17) is 20.9 Å². The molecule has 0 unspecified atom stereocenters. The summed E-state index contributed by atoms with van der Waals surface area (Å²) in [4.78, 5) is 26.0. The molecule has 2 aromatic carbocycles. The van der Waals surface area contributed by atoms with Gasteiger partial charge in [0.25, 0.3) is 11.7 Å². The largest absolute Gasteiger partial charge is 0.497 e. The number of hydrogen-bond donors (Lipinski definition) is 0. The summed E-state index contributed by atoms with van der Waals surface area (Å²) < 4.78 is 12.8. The first-order valence-corrected chi connectivity index (χ1v) is 10.5. The van der Waals surface area contributed by atoms with Gasteiger partial charge in [-0.3, -0.25) is 4.79 Å². The van der Waals surface area contributed by atoms with Gasteiger partial charge < -0.3 is 13.8 Å². The molecule has 0 saturated carbocycles. The third-order valence-electron chi connectivity index (χ3n) is 5.40. The summed E-state index contributed by atoms with van der Waals surface area (Å²) in [7, 11) is 1.59. The molecule has 33 heavy (non-hydrogen) atoms. The van der Waals surface area contributed by atoms with Gasteiger partial charge in [-0.05, 0) is 48.9 Å². The summed E-state index contributed by atoms with van der Waals surface area (Å²) in [6.45, 7) is 2.46. The number of hydrogen-bond acceptors (Lipinski definition) is 7. The van der Waals surface area contributed by atoms with Crippen LogP contribution in [0.25, 0.3) is 22.6 Å². The van der Waals surface area contributed by atoms with E-state index < -0.39 is 0 Å². The predicted octanol–water partition coefficient (Wildman–Crippen LogP) is 4.73. The number of ketones is 1. The second kappa shape index (κ2) is 8.48. The van der Waals surface area contributed by atoms with E-state index in [1.54, 1.807) is 25.6 Å². The van der Waals surface area contributed by atoms with Crippen molar-refractivity contribution in [3.8, 4) is 17.4 Å². The van der Waals surface area contributed by atoms with E-state index in [1.807, 2.05) is 49.4 Å². The van der Waals surface area contributed by atoms with Crippen LogP contribution in [0.3, 0.4) is 0 Å². The lowest BCUT2D eigenvalue weighted by Crippen LogP contribution is -2.06. The van der Waals surface area contributed by atoms with E-state index >= 15 is 0 Å². The maximum Gasteiger partial charge on any atom is 0.299 e. The first-order chi connectivity index (χ1) is 16.0. The topological polar surface area (TPSA) is 95.9 Å². The standard InChI is InChI=1S/C24H18ClN5O3/c1-14-20(21(31)24-28-23(29-33-24)22-26-10-3-11-27-22)18-12-17(32-2)8-9-19(18)30(14)13-15-4-6-16(25)7-5-15/h3-12H,13H2,1-2H3. The summed E-state index contributed by atoms with van der Waals surface area (Å²) in [5.74, 6) is 0.566. The number of rotatable bonds is 6. The van der Waals surface area contributed by atoms with Gasteiger partial charge in [0.1, 0.15) is 5.75 Å². The van der Waals surface area contributed by atoms with E-state index in [9.17, 15) is 4.79 Å². The molecule has 5 aromatic rings. The highest BCUT2D eigenvalue weighted by Crippen LogP contribution is 2.32. The molecule has 3 aromatic heterocycles. The van der Waals surface area contributed by atoms with Crippen molar-refractivity contribution in [2.45, 2.75) is 13.5 Å². The number of ether oxygens (including phenoxy) is 1. The quantitative estimate of drug-likeness (QED) is 0.338. The Balaban J connectivity index is 1.61. The normalized spacial score (nSPS) is 11.1. The molecule has 8 nitrogen and oxygen atoms in total. The second-order valence-corrected chi connectivity index (χ2v) is 7.82. The highest BCUT2D eigenvalue weighted by atomic mass is 35.5. The van der Waals surface area contributed by atoms with Crippen LogP contribution in [0.4, 0.5) is 0 Å². The van der Waals surface area contributed by atoms with Crippen LogP contribution in [0, 0.1) is 6.92 Å². The second-order valence-electron chi connectivity index (χ2n) is 7.38. The number of methoxy groups -OCH3 is 1. The maximum absolute atomic E-state index is 13.5. The lowest BCUT2D eigenvalue weighted by molar-refractivity contribution is 0.0994. The van der Waals surface area contributed by atoms with E-state index in [2.05, 4.69) is 24.7 Å². The van der Waals surface area contributed by atoms with Gasteiger partial charge in [0.15, 0.2) is 0 Å². The number of carbonyl (C=O) groups is 1. The molecular formula is C24H18ClN5O3. The van der Waals surface area contributed by atoms with Crippen LogP contribution in [-0.4, -0.2) is 37.6 Å². The lowest BCUT2D eigenvalue weighted by Gasteiger charge is -2.09. The minimum atomic E-state index is -0.379. The molecule has 0 aliphatic rings. The average molecular weight is 460 g/mol. The van der Waals surface area contributed by atoms with Gasteiger partial charge in [-0.15, -0.1) is 0 Å². The van der Waals surface area contributed by atoms with Gasteiger partial charge in [-0.2, -0.15) is 4.98 Å². The Bertz CT molecular complexity index is 1460. The van der Waals surface area contributed by atoms with Crippen LogP contribution in [0.2, 0.25) is 5.02 Å². The summed E-state index contributed by atoms with van der Waals surface area (Å²) in [6.07, 6.45) is 3.14. The molecule has 0 amide bonds. The van der Waals surface area contributed by atoms with Crippen LogP contribution in [-0.2, 0) is 6.54 Å². The summed E-state index contributed by atoms with van der Waals surface area (Å²) in [5.41, 5.74) is 3.18. The molecule has 0 fully saturated rings. The molecule has 3 heterocycles. The van der Waals surface area contributed by atoms with Gasteiger partial charge in [-0.1, -0.05) is 28.9 Å². The van der Waals surface area contributed by atoms with E-state index in [1.165, 1.54) is 0 Å². The Morgan fingerprint density at radius 1 is 1.09 bits per heavy atom. The zero-order valence-corrected chi connectivity index (χ0v) is 18.6. The zero-order chi connectivity index (χ0) is 22.9. The van der Waals surface area contributed by atoms with Crippen molar-refractivity contribution >= 4 is 28.3 Å². The third-order valence-corrected chi connectivity index (χ3v) is 5.65. The van der Waals surface area contributed by atoms with E-state index in [0.717, 1.165) is 22.2 Å². The summed E-state index contributed by atoms with van der Waals surface area (Å²) in [5, 5.41) is 5.29. The molecule has 0 atom stereocenters. The number of benzene rings is 2. The van der Waals surface area contributed by atoms with E-state index in [0.29, 0.717) is 22.9 Å². The van der Waals surface area contributed by atoms with Crippen molar-refractivity contribution in [3.63, 3.8) is 0 Å². The van der Waals surface area contributed by atoms with Gasteiger partial charge in [0.05, 0.1) is 12.7 Å². The monoisotopic (exact) mass is 459 g/mol. The minimum Gasteiger partial charge on any atom is -0.497 e. The van der Waals surface area contributed by atoms with Gasteiger partial charge in [0, 0.05) is 40.6 Å². The molecule has 0 aliphatic carbocycles. The molecule has 0 aliphatic heterocycles. The molecule has 164 valence electrons. The number of fused-ring (bicyclic) bond motifs is 1. The maximum atomic E-state index is 13.5. The summed E-state index contributed by atoms with van der Waals surface area (Å²) in [6, 6.07) is 14.9. The van der Waals surface area contributed by atoms with Crippen LogP contribution in [0.15, 0.2) is 65.4 Å². The first kappa shape index (κ1) is 20.8. The fourth-order valence-electron chi connectivity index (χ4n) is 3.78. The molecule has 0 saturated heterocycles. The molecule has 0 spiro atoms. The average Bonchev–Trinajstić information content (AvgIpc) is 3.44. The number of carbonyl (C=O) groups excluding carboxylic acids is 1. The first-order valence-electron chi connectivity index (χ1n) is 10.1. The Kier molecular flexibility index (Phi) is 5.35. The molecule has 0 bridgehead atoms. The van der Waals surface area contributed by atoms with Gasteiger partial charge in [-0.25, -0.2) is 9.97 Å². The van der Waals surface area contributed by atoms with Crippen LogP contribution in [0.5, 0.6) is 5.75 Å². The van der Waals surface area contributed by atoms with Crippen molar-refractivity contribution in [3.05, 3.63) is 88.7 Å². The van der Waals surface area contributed by atoms with Crippen molar-refractivity contribution in [1.29, 1.82) is 0 Å². The Labute approximate surface area is 193 Å². The minimum absolute atomic E-state index is 0.131. The Hall–Kier alpha value is -4.04. The van der Waals surface area contributed by atoms with Crippen molar-refractivity contribution in [1.82, 2.24) is 24.7 Å². The highest BCUT2D eigenvalue weighted by molar-refractivity contribution is 6.30. The molecule has 5 rings (SSSR count). The van der Waals surface area contributed by atoms with Crippen LogP contribution < -0.4 is 4.74 Å². The van der Waals surface area contributed by atoms with Gasteiger partial charge >= 0.3 is 0 Å². The zero-order valence-electron chi connectivity index (χ0n) is 17.8. The van der Waals surface area contributed by atoms with Crippen molar-refractivity contribution in [2.24, 2.45) is 0 Å². The predicted molar refractivity (Wildman–Crippen MR) is 123 cm³/mol. The number of nitrogens with zero attached hydrogens (tertiary/aromatic N) is 5. The van der Waals surface area contributed by atoms with Crippen LogP contribution >= 0.6 is 11.6 Å². The molecule has 0 N–H and O–H groups in total. The lowest BCUT2D eigenvalue weighted by atomic mass is 10.1. The smallest absolute Gasteiger partial charge is 0.299 e.